The SMILES string of the molecule is CCc1nnc(NC(=O)Cn2c(-c3ccc(C(C)(C)C)cc3)nc3ccccc32)s1. The minimum Gasteiger partial charge on any atom is -0.314 e. The van der Waals surface area contributed by atoms with E-state index in [-0.39, 0.29) is 17.9 Å². The minimum atomic E-state index is -0.149. The van der Waals surface area contributed by atoms with E-state index in [1.807, 2.05) is 35.8 Å². The number of carbonyl (C=O) groups excluding carboxylic acids is 1. The van der Waals surface area contributed by atoms with Gasteiger partial charge in [-0.2, -0.15) is 0 Å². The lowest BCUT2D eigenvalue weighted by Gasteiger charge is -2.19. The van der Waals surface area contributed by atoms with Gasteiger partial charge in [-0.3, -0.25) is 10.1 Å². The summed E-state index contributed by atoms with van der Waals surface area (Å²) in [6.07, 6.45) is 0.800. The van der Waals surface area contributed by atoms with Crippen molar-refractivity contribution in [2.45, 2.75) is 46.1 Å². The van der Waals surface area contributed by atoms with E-state index in [1.165, 1.54) is 16.9 Å². The maximum Gasteiger partial charge on any atom is 0.246 e. The number of aromatic nitrogens is 4. The van der Waals surface area contributed by atoms with E-state index < -0.39 is 0 Å². The molecule has 0 unspecified atom stereocenters. The van der Waals surface area contributed by atoms with Gasteiger partial charge in [-0.25, -0.2) is 4.98 Å². The third-order valence-corrected chi connectivity index (χ3v) is 5.96. The molecule has 0 fully saturated rings. The second-order valence-corrected chi connectivity index (χ2v) is 9.30. The van der Waals surface area contributed by atoms with Gasteiger partial charge in [0.05, 0.1) is 11.0 Å². The van der Waals surface area contributed by atoms with E-state index in [4.69, 9.17) is 4.98 Å². The molecule has 0 saturated heterocycles. The fourth-order valence-corrected chi connectivity index (χ4v) is 4.02. The predicted molar refractivity (Wildman–Crippen MR) is 122 cm³/mol. The predicted octanol–water partition coefficient (Wildman–Crippen LogP) is 5.05. The monoisotopic (exact) mass is 419 g/mol. The third-order valence-electron chi connectivity index (χ3n) is 4.98. The Morgan fingerprint density at radius 1 is 1.07 bits per heavy atom. The molecule has 0 spiro atoms. The number of benzene rings is 2. The quantitative estimate of drug-likeness (QED) is 0.491. The molecule has 0 aliphatic rings. The summed E-state index contributed by atoms with van der Waals surface area (Å²) in [4.78, 5) is 17.6. The zero-order chi connectivity index (χ0) is 21.3. The molecule has 2 aromatic carbocycles. The molecule has 1 N–H and O–H groups in total. The first-order valence-electron chi connectivity index (χ1n) is 10.0. The van der Waals surface area contributed by atoms with Gasteiger partial charge in [0, 0.05) is 5.56 Å². The molecule has 0 radical (unpaired) electrons. The lowest BCUT2D eigenvalue weighted by Crippen LogP contribution is -2.19. The summed E-state index contributed by atoms with van der Waals surface area (Å²) in [6, 6.07) is 16.3. The summed E-state index contributed by atoms with van der Waals surface area (Å²) >= 11 is 1.40. The standard InChI is InChI=1S/C23H25N5OS/c1-5-20-26-27-22(30-20)25-19(29)14-28-18-9-7-6-8-17(18)24-21(28)15-10-12-16(13-11-15)23(2,3)4/h6-13H,5,14H2,1-4H3,(H,25,27,29). The maximum absolute atomic E-state index is 12.8. The Bertz CT molecular complexity index is 1180. The molecule has 154 valence electrons. The summed E-state index contributed by atoms with van der Waals surface area (Å²) in [5.41, 5.74) is 4.11. The summed E-state index contributed by atoms with van der Waals surface area (Å²) in [7, 11) is 0. The van der Waals surface area contributed by atoms with Crippen LogP contribution in [0.15, 0.2) is 48.5 Å². The van der Waals surface area contributed by atoms with Gasteiger partial charge in [-0.05, 0) is 29.5 Å². The number of rotatable bonds is 5. The van der Waals surface area contributed by atoms with E-state index in [0.717, 1.165) is 33.8 Å². The molecule has 30 heavy (non-hydrogen) atoms. The molecule has 0 aliphatic heterocycles. The van der Waals surface area contributed by atoms with Crippen LogP contribution in [0.25, 0.3) is 22.4 Å². The van der Waals surface area contributed by atoms with Crippen LogP contribution in [0.1, 0.15) is 38.3 Å². The van der Waals surface area contributed by atoms with E-state index >= 15 is 0 Å². The average Bonchev–Trinajstić information content (AvgIpc) is 3.32. The van der Waals surface area contributed by atoms with Crippen molar-refractivity contribution in [3.05, 3.63) is 59.1 Å². The highest BCUT2D eigenvalue weighted by molar-refractivity contribution is 7.15. The molecule has 0 atom stereocenters. The largest absolute Gasteiger partial charge is 0.314 e. The van der Waals surface area contributed by atoms with Crippen LogP contribution in [0.2, 0.25) is 0 Å². The maximum atomic E-state index is 12.8. The molecule has 2 aromatic heterocycles. The van der Waals surface area contributed by atoms with E-state index in [9.17, 15) is 4.79 Å². The van der Waals surface area contributed by atoms with Crippen molar-refractivity contribution in [1.82, 2.24) is 19.7 Å². The Labute approximate surface area is 180 Å². The van der Waals surface area contributed by atoms with Crippen LogP contribution in [0.3, 0.4) is 0 Å². The topological polar surface area (TPSA) is 72.7 Å². The van der Waals surface area contributed by atoms with Crippen LogP contribution in [0.5, 0.6) is 0 Å². The Morgan fingerprint density at radius 2 is 1.80 bits per heavy atom. The Hall–Kier alpha value is -3.06. The fourth-order valence-electron chi connectivity index (χ4n) is 3.32. The molecule has 1 amide bonds. The molecule has 0 aliphatic carbocycles. The minimum absolute atomic E-state index is 0.0810. The van der Waals surface area contributed by atoms with Gasteiger partial charge in [0.25, 0.3) is 0 Å². The molecule has 6 nitrogen and oxygen atoms in total. The number of hydrogen-bond donors (Lipinski definition) is 1. The third kappa shape index (κ3) is 4.11. The Balaban J connectivity index is 1.67. The van der Waals surface area contributed by atoms with Crippen LogP contribution in [0.4, 0.5) is 5.13 Å². The van der Waals surface area contributed by atoms with Gasteiger partial charge in [-0.15, -0.1) is 10.2 Å². The molecular weight excluding hydrogens is 394 g/mol. The number of fused-ring (bicyclic) bond motifs is 1. The highest BCUT2D eigenvalue weighted by Crippen LogP contribution is 2.28. The number of nitrogens with one attached hydrogen (secondary N) is 1. The number of imidazole rings is 1. The number of nitrogens with zero attached hydrogens (tertiary/aromatic N) is 4. The first-order valence-corrected chi connectivity index (χ1v) is 10.8. The number of amides is 1. The highest BCUT2D eigenvalue weighted by Gasteiger charge is 2.18. The molecule has 4 aromatic rings. The first-order chi connectivity index (χ1) is 14.3. The molecule has 7 heteroatoms. The number of carbonyl (C=O) groups is 1. The van der Waals surface area contributed by atoms with Gasteiger partial charge < -0.3 is 4.57 Å². The van der Waals surface area contributed by atoms with Gasteiger partial charge in [0.2, 0.25) is 11.0 Å². The fraction of sp³-hybridized carbons (Fsp3) is 0.304. The van der Waals surface area contributed by atoms with Gasteiger partial charge in [0.15, 0.2) is 0 Å². The first kappa shape index (κ1) is 20.2. The zero-order valence-electron chi connectivity index (χ0n) is 17.6. The highest BCUT2D eigenvalue weighted by atomic mass is 32.1. The lowest BCUT2D eigenvalue weighted by molar-refractivity contribution is -0.116. The van der Waals surface area contributed by atoms with E-state index in [1.54, 1.807) is 0 Å². The number of aryl methyl sites for hydroxylation is 1. The second kappa shape index (κ2) is 7.99. The smallest absolute Gasteiger partial charge is 0.246 e. The number of hydrogen-bond acceptors (Lipinski definition) is 5. The summed E-state index contributed by atoms with van der Waals surface area (Å²) in [5, 5.41) is 12.4. The van der Waals surface area contributed by atoms with Gasteiger partial charge in [0.1, 0.15) is 17.4 Å². The van der Waals surface area contributed by atoms with E-state index in [0.29, 0.717) is 5.13 Å². The second-order valence-electron chi connectivity index (χ2n) is 8.24. The van der Waals surface area contributed by atoms with Crippen LogP contribution < -0.4 is 5.32 Å². The molecule has 0 bridgehead atoms. The molecule has 4 rings (SSSR count). The normalized spacial score (nSPS) is 11.7. The van der Waals surface area contributed by atoms with Crippen molar-refractivity contribution in [3.8, 4) is 11.4 Å². The van der Waals surface area contributed by atoms with Crippen molar-refractivity contribution < 1.29 is 4.79 Å². The Morgan fingerprint density at radius 3 is 2.47 bits per heavy atom. The van der Waals surface area contributed by atoms with Crippen LogP contribution in [0, 0.1) is 0 Å². The van der Waals surface area contributed by atoms with Gasteiger partial charge in [-0.1, -0.05) is 75.4 Å². The van der Waals surface area contributed by atoms with Crippen molar-refractivity contribution in [3.63, 3.8) is 0 Å². The zero-order valence-corrected chi connectivity index (χ0v) is 18.5. The molecule has 0 saturated carbocycles. The lowest BCUT2D eigenvalue weighted by atomic mass is 9.87. The summed E-state index contributed by atoms with van der Waals surface area (Å²) < 4.78 is 1.96. The van der Waals surface area contributed by atoms with Gasteiger partial charge >= 0.3 is 0 Å². The average molecular weight is 420 g/mol. The van der Waals surface area contributed by atoms with Crippen LogP contribution in [-0.2, 0) is 23.2 Å². The molecular formula is C23H25N5OS. The van der Waals surface area contributed by atoms with Crippen molar-refractivity contribution >= 4 is 33.4 Å². The Kier molecular flexibility index (Phi) is 5.39. The van der Waals surface area contributed by atoms with Crippen LogP contribution >= 0.6 is 11.3 Å². The van der Waals surface area contributed by atoms with E-state index in [2.05, 4.69) is 60.6 Å². The molecule has 2 heterocycles. The van der Waals surface area contributed by atoms with Crippen molar-refractivity contribution in [2.24, 2.45) is 0 Å². The van der Waals surface area contributed by atoms with Crippen LogP contribution in [-0.4, -0.2) is 25.7 Å². The summed E-state index contributed by atoms with van der Waals surface area (Å²) in [6.45, 7) is 8.75. The van der Waals surface area contributed by atoms with Crippen molar-refractivity contribution in [1.29, 1.82) is 0 Å². The number of anilines is 1. The van der Waals surface area contributed by atoms with Crippen molar-refractivity contribution in [2.75, 3.05) is 5.32 Å². The number of para-hydroxylation sites is 2. The summed E-state index contributed by atoms with van der Waals surface area (Å²) in [5.74, 6) is 0.628.